The summed E-state index contributed by atoms with van der Waals surface area (Å²) < 4.78 is 1.02. The predicted molar refractivity (Wildman–Crippen MR) is 73.4 cm³/mol. The van der Waals surface area contributed by atoms with Crippen molar-refractivity contribution in [2.75, 3.05) is 23.4 Å². The van der Waals surface area contributed by atoms with Gasteiger partial charge in [0.25, 0.3) is 0 Å². The zero-order valence-corrected chi connectivity index (χ0v) is 10.8. The van der Waals surface area contributed by atoms with Gasteiger partial charge in [0.15, 0.2) is 11.6 Å². The maximum Gasteiger partial charge on any atom is 0.159 e. The molecule has 0 spiro atoms. The van der Waals surface area contributed by atoms with E-state index in [9.17, 15) is 0 Å². The van der Waals surface area contributed by atoms with E-state index in [1.165, 1.54) is 6.33 Å². The maximum atomic E-state index is 5.91. The first kappa shape index (κ1) is 11.7. The van der Waals surface area contributed by atoms with Gasteiger partial charge < -0.3 is 16.4 Å². The molecule has 0 aliphatic heterocycles. The summed E-state index contributed by atoms with van der Waals surface area (Å²) in [6.07, 6.45) is 1.46. The molecule has 0 bridgehead atoms. The van der Waals surface area contributed by atoms with Crippen molar-refractivity contribution in [1.29, 1.82) is 0 Å². The van der Waals surface area contributed by atoms with Crippen LogP contribution in [0.3, 0.4) is 0 Å². The van der Waals surface area contributed by atoms with Crippen molar-refractivity contribution in [3.8, 4) is 0 Å². The van der Waals surface area contributed by atoms with Crippen LogP contribution in [0.15, 0.2) is 35.1 Å². The Hall–Kier alpha value is -1.82. The van der Waals surface area contributed by atoms with E-state index in [1.807, 2.05) is 24.3 Å². The van der Waals surface area contributed by atoms with Gasteiger partial charge in [0.1, 0.15) is 12.0 Å². The molecule has 0 aliphatic carbocycles. The summed E-state index contributed by atoms with van der Waals surface area (Å²) in [5.74, 6) is 1.20. The lowest BCUT2D eigenvalue weighted by atomic mass is 10.3. The van der Waals surface area contributed by atoms with Crippen LogP contribution in [0.4, 0.5) is 23.0 Å². The number of aromatic nitrogens is 2. The molecule has 2 rings (SSSR count). The molecule has 4 N–H and O–H groups in total. The number of hydrogen-bond acceptors (Lipinski definition) is 5. The van der Waals surface area contributed by atoms with E-state index in [0.717, 1.165) is 10.2 Å². The zero-order chi connectivity index (χ0) is 12.3. The number of anilines is 4. The molecule has 0 radical (unpaired) electrons. The predicted octanol–water partition coefficient (Wildman–Crippen LogP) is 2.61. The van der Waals surface area contributed by atoms with E-state index in [4.69, 9.17) is 5.73 Å². The Morgan fingerprint density at radius 3 is 2.41 bits per heavy atom. The van der Waals surface area contributed by atoms with Crippen molar-refractivity contribution in [1.82, 2.24) is 9.97 Å². The summed E-state index contributed by atoms with van der Waals surface area (Å²) in [7, 11) is 1.77. The number of hydrogen-bond donors (Lipinski definition) is 3. The summed E-state index contributed by atoms with van der Waals surface area (Å²) in [4.78, 5) is 8.12. The van der Waals surface area contributed by atoms with E-state index >= 15 is 0 Å². The van der Waals surface area contributed by atoms with Gasteiger partial charge in [0.2, 0.25) is 0 Å². The van der Waals surface area contributed by atoms with Gasteiger partial charge >= 0.3 is 0 Å². The van der Waals surface area contributed by atoms with Crippen molar-refractivity contribution in [3.63, 3.8) is 0 Å². The standard InChI is InChI=1S/C11H12BrN5/c1-14-10-9(13)11(16-6-15-10)17-8-4-2-7(12)3-5-8/h2-6H,13H2,1H3,(H2,14,15,16,17). The summed E-state index contributed by atoms with van der Waals surface area (Å²) in [6, 6.07) is 7.76. The molecule has 17 heavy (non-hydrogen) atoms. The van der Waals surface area contributed by atoms with E-state index in [2.05, 4.69) is 36.5 Å². The monoisotopic (exact) mass is 293 g/mol. The average Bonchev–Trinajstić information content (AvgIpc) is 2.35. The van der Waals surface area contributed by atoms with Crippen molar-refractivity contribution in [2.45, 2.75) is 0 Å². The summed E-state index contributed by atoms with van der Waals surface area (Å²) in [5, 5.41) is 6.04. The van der Waals surface area contributed by atoms with E-state index in [0.29, 0.717) is 17.3 Å². The molecule has 0 atom stereocenters. The Balaban J connectivity index is 2.27. The molecule has 0 unspecified atom stereocenters. The molecule has 1 heterocycles. The SMILES string of the molecule is CNc1ncnc(Nc2ccc(Br)cc2)c1N. The Morgan fingerprint density at radius 2 is 1.76 bits per heavy atom. The lowest BCUT2D eigenvalue weighted by molar-refractivity contribution is 1.16. The lowest BCUT2D eigenvalue weighted by Crippen LogP contribution is -2.04. The molecule has 0 saturated heterocycles. The quantitative estimate of drug-likeness (QED) is 0.811. The van der Waals surface area contributed by atoms with Crippen LogP contribution in [-0.2, 0) is 0 Å². The number of nitrogen functional groups attached to an aromatic ring is 1. The lowest BCUT2D eigenvalue weighted by Gasteiger charge is -2.10. The largest absolute Gasteiger partial charge is 0.393 e. The molecule has 0 saturated carbocycles. The molecular weight excluding hydrogens is 282 g/mol. The van der Waals surface area contributed by atoms with E-state index in [1.54, 1.807) is 7.05 Å². The van der Waals surface area contributed by atoms with Gasteiger partial charge in [-0.1, -0.05) is 15.9 Å². The summed E-state index contributed by atoms with van der Waals surface area (Å²) >= 11 is 3.38. The van der Waals surface area contributed by atoms with Crippen molar-refractivity contribution in [2.24, 2.45) is 0 Å². The fourth-order valence-corrected chi connectivity index (χ4v) is 1.63. The van der Waals surface area contributed by atoms with Crippen LogP contribution in [0, 0.1) is 0 Å². The van der Waals surface area contributed by atoms with Crippen LogP contribution in [0.25, 0.3) is 0 Å². The highest BCUT2D eigenvalue weighted by Gasteiger charge is 2.06. The molecule has 1 aromatic heterocycles. The third-order valence-corrected chi connectivity index (χ3v) is 2.76. The Kier molecular flexibility index (Phi) is 3.43. The molecule has 1 aromatic carbocycles. The third-order valence-electron chi connectivity index (χ3n) is 2.23. The van der Waals surface area contributed by atoms with Gasteiger partial charge in [-0.25, -0.2) is 9.97 Å². The first-order chi connectivity index (χ1) is 8.20. The highest BCUT2D eigenvalue weighted by atomic mass is 79.9. The number of benzene rings is 1. The fraction of sp³-hybridized carbons (Fsp3) is 0.0909. The van der Waals surface area contributed by atoms with Crippen LogP contribution in [0.1, 0.15) is 0 Å². The minimum Gasteiger partial charge on any atom is -0.393 e. The van der Waals surface area contributed by atoms with Gasteiger partial charge in [-0.15, -0.1) is 0 Å². The Labute approximate surface area is 108 Å². The van der Waals surface area contributed by atoms with Crippen LogP contribution in [0.2, 0.25) is 0 Å². The second-order valence-corrected chi connectivity index (χ2v) is 4.28. The number of rotatable bonds is 3. The van der Waals surface area contributed by atoms with Gasteiger partial charge in [0, 0.05) is 17.2 Å². The summed E-state index contributed by atoms with van der Waals surface area (Å²) in [6.45, 7) is 0. The number of nitrogens with two attached hydrogens (primary N) is 1. The van der Waals surface area contributed by atoms with Crippen LogP contribution >= 0.6 is 15.9 Å². The molecular formula is C11H12BrN5. The van der Waals surface area contributed by atoms with Gasteiger partial charge in [-0.05, 0) is 24.3 Å². The van der Waals surface area contributed by atoms with E-state index < -0.39 is 0 Å². The molecule has 5 nitrogen and oxygen atoms in total. The van der Waals surface area contributed by atoms with Crippen LogP contribution in [0.5, 0.6) is 0 Å². The Morgan fingerprint density at radius 1 is 1.12 bits per heavy atom. The molecule has 88 valence electrons. The van der Waals surface area contributed by atoms with Crippen molar-refractivity contribution in [3.05, 3.63) is 35.1 Å². The molecule has 0 aliphatic rings. The molecule has 2 aromatic rings. The molecule has 0 amide bonds. The second kappa shape index (κ2) is 5.01. The third kappa shape index (κ3) is 2.65. The smallest absolute Gasteiger partial charge is 0.159 e. The minimum absolute atomic E-state index is 0.498. The van der Waals surface area contributed by atoms with Gasteiger partial charge in [-0.3, -0.25) is 0 Å². The van der Waals surface area contributed by atoms with Crippen molar-refractivity contribution < 1.29 is 0 Å². The first-order valence-electron chi connectivity index (χ1n) is 5.01. The topological polar surface area (TPSA) is 75.9 Å². The zero-order valence-electron chi connectivity index (χ0n) is 9.24. The van der Waals surface area contributed by atoms with Crippen LogP contribution < -0.4 is 16.4 Å². The highest BCUT2D eigenvalue weighted by molar-refractivity contribution is 9.10. The van der Waals surface area contributed by atoms with Crippen molar-refractivity contribution >= 4 is 38.9 Å². The van der Waals surface area contributed by atoms with E-state index in [-0.39, 0.29) is 0 Å². The second-order valence-electron chi connectivity index (χ2n) is 3.37. The normalized spacial score (nSPS) is 10.0. The Bertz CT molecular complexity index is 512. The first-order valence-corrected chi connectivity index (χ1v) is 5.81. The molecule has 6 heteroatoms. The van der Waals surface area contributed by atoms with Crippen LogP contribution in [-0.4, -0.2) is 17.0 Å². The van der Waals surface area contributed by atoms with Gasteiger partial charge in [0.05, 0.1) is 0 Å². The fourth-order valence-electron chi connectivity index (χ4n) is 1.36. The number of nitrogens with one attached hydrogen (secondary N) is 2. The average molecular weight is 294 g/mol. The maximum absolute atomic E-state index is 5.91. The summed E-state index contributed by atoms with van der Waals surface area (Å²) in [5.41, 5.74) is 7.33. The minimum atomic E-state index is 0.498. The highest BCUT2D eigenvalue weighted by Crippen LogP contribution is 2.25. The molecule has 0 fully saturated rings. The number of halogens is 1. The van der Waals surface area contributed by atoms with Gasteiger partial charge in [-0.2, -0.15) is 0 Å². The number of nitrogens with zero attached hydrogens (tertiary/aromatic N) is 2.